The summed E-state index contributed by atoms with van der Waals surface area (Å²) in [5.41, 5.74) is 5.81. The van der Waals surface area contributed by atoms with Gasteiger partial charge in [-0.05, 0) is 37.5 Å². The maximum Gasteiger partial charge on any atom is 0.435 e. The van der Waals surface area contributed by atoms with Crippen LogP contribution < -0.4 is 11.1 Å². The Balaban J connectivity index is 1.51. The normalized spacial score (nSPS) is 13.9. The maximum atomic E-state index is 13.7. The highest BCUT2D eigenvalue weighted by atomic mass is 32.1. The Morgan fingerprint density at radius 2 is 1.95 bits per heavy atom. The average molecular weight is 568 g/mol. The van der Waals surface area contributed by atoms with Crippen molar-refractivity contribution in [2.75, 3.05) is 5.32 Å². The fourth-order valence-electron chi connectivity index (χ4n) is 4.36. The topological polar surface area (TPSA) is 121 Å². The number of aryl methyl sites for hydroxylation is 2. The second-order valence-corrected chi connectivity index (χ2v) is 10.3. The Morgan fingerprint density at radius 1 is 1.23 bits per heavy atom. The number of fused-ring (bicyclic) bond motifs is 1. The molecule has 3 N–H and O–H groups in total. The van der Waals surface area contributed by atoms with Gasteiger partial charge in [-0.2, -0.15) is 23.4 Å². The van der Waals surface area contributed by atoms with Gasteiger partial charge >= 0.3 is 6.18 Å². The van der Waals surface area contributed by atoms with E-state index in [2.05, 4.69) is 20.5 Å². The number of anilines is 1. The number of nitrogens with one attached hydrogen (secondary N) is 1. The molecule has 39 heavy (non-hydrogen) atoms. The van der Waals surface area contributed by atoms with Gasteiger partial charge in [-0.25, -0.2) is 13.8 Å². The fourth-order valence-corrected chi connectivity index (χ4v) is 5.38. The molecule has 0 unspecified atom stereocenters. The van der Waals surface area contributed by atoms with Gasteiger partial charge in [-0.1, -0.05) is 0 Å². The number of amides is 2. The van der Waals surface area contributed by atoms with Crippen LogP contribution in [0.4, 0.5) is 27.6 Å². The van der Waals surface area contributed by atoms with Crippen molar-refractivity contribution in [3.63, 3.8) is 0 Å². The van der Waals surface area contributed by atoms with Gasteiger partial charge < -0.3 is 11.1 Å². The summed E-state index contributed by atoms with van der Waals surface area (Å²) in [5, 5.41) is 10.7. The largest absolute Gasteiger partial charge is 0.435 e. The summed E-state index contributed by atoms with van der Waals surface area (Å²) >= 11 is 0.759. The summed E-state index contributed by atoms with van der Waals surface area (Å²) in [6, 6.07) is 2.18. The first-order valence-corrected chi connectivity index (χ1v) is 12.7. The average Bonchev–Trinajstić information content (AvgIpc) is 3.36. The molecule has 5 rings (SSSR count). The number of aromatic nitrogens is 5. The van der Waals surface area contributed by atoms with Gasteiger partial charge in [0.05, 0.1) is 11.9 Å². The minimum atomic E-state index is -4.62. The first-order valence-electron chi connectivity index (χ1n) is 11.8. The molecule has 2 amide bonds. The maximum absolute atomic E-state index is 13.7. The summed E-state index contributed by atoms with van der Waals surface area (Å²) in [7, 11) is 1.67. The molecule has 0 saturated heterocycles. The second-order valence-electron chi connectivity index (χ2n) is 9.26. The fraction of sp³-hybridized carbons (Fsp3) is 0.375. The quantitative estimate of drug-likeness (QED) is 0.285. The first-order chi connectivity index (χ1) is 18.3. The lowest BCUT2D eigenvalue weighted by molar-refractivity contribution is -0.141. The SMILES string of the molecule is Cc1c(-c2cc(C(F)F)nc3sc(C(N)=O)c(NC(=O)CCn4nc(C(F)(F)F)cc4C4CC4)c23)cnn1C. The van der Waals surface area contributed by atoms with Crippen LogP contribution in [0.5, 0.6) is 0 Å². The highest BCUT2D eigenvalue weighted by Gasteiger charge is 2.38. The highest BCUT2D eigenvalue weighted by Crippen LogP contribution is 2.44. The molecule has 0 atom stereocenters. The van der Waals surface area contributed by atoms with Crippen molar-refractivity contribution in [2.45, 2.75) is 51.3 Å². The van der Waals surface area contributed by atoms with Gasteiger partial charge in [-0.15, -0.1) is 11.3 Å². The minimum Gasteiger partial charge on any atom is -0.365 e. The number of nitrogens with zero attached hydrogens (tertiary/aromatic N) is 5. The summed E-state index contributed by atoms with van der Waals surface area (Å²) in [6.07, 6.45) is -4.84. The Bertz CT molecular complexity index is 1600. The van der Waals surface area contributed by atoms with Crippen LogP contribution in [0.2, 0.25) is 0 Å². The predicted molar refractivity (Wildman–Crippen MR) is 132 cm³/mol. The number of alkyl halides is 5. The van der Waals surface area contributed by atoms with Gasteiger partial charge in [0, 0.05) is 48.3 Å². The number of carbonyl (C=O) groups is 2. The van der Waals surface area contributed by atoms with E-state index in [0.29, 0.717) is 17.0 Å². The number of nitrogens with two attached hydrogens (primary N) is 1. The molecule has 0 bridgehead atoms. The monoisotopic (exact) mass is 567 g/mol. The third-order valence-electron chi connectivity index (χ3n) is 6.57. The molecule has 0 aromatic carbocycles. The molecule has 1 fully saturated rings. The van der Waals surface area contributed by atoms with E-state index < -0.39 is 35.8 Å². The third kappa shape index (κ3) is 5.10. The third-order valence-corrected chi connectivity index (χ3v) is 7.67. The molecule has 206 valence electrons. The molecule has 4 heterocycles. The number of pyridine rings is 1. The zero-order chi connectivity index (χ0) is 28.2. The Morgan fingerprint density at radius 3 is 2.51 bits per heavy atom. The summed E-state index contributed by atoms with van der Waals surface area (Å²) in [4.78, 5) is 29.2. The van der Waals surface area contributed by atoms with Crippen LogP contribution in [0.3, 0.4) is 0 Å². The molecule has 0 radical (unpaired) electrons. The number of hydrogen-bond donors (Lipinski definition) is 2. The summed E-state index contributed by atoms with van der Waals surface area (Å²) in [6.45, 7) is 1.59. The molecule has 4 aromatic rings. The molecule has 15 heteroatoms. The molecule has 1 saturated carbocycles. The van der Waals surface area contributed by atoms with E-state index >= 15 is 0 Å². The Hall–Kier alpha value is -3.88. The van der Waals surface area contributed by atoms with E-state index in [0.717, 1.165) is 30.2 Å². The Kier molecular flexibility index (Phi) is 6.64. The highest BCUT2D eigenvalue weighted by molar-refractivity contribution is 7.21. The van der Waals surface area contributed by atoms with Gasteiger partial charge in [-0.3, -0.25) is 19.0 Å². The van der Waals surface area contributed by atoms with Crippen molar-refractivity contribution in [3.8, 4) is 11.1 Å². The van der Waals surface area contributed by atoms with Crippen molar-refractivity contribution < 1.29 is 31.5 Å². The first kappa shape index (κ1) is 26.7. The van der Waals surface area contributed by atoms with Crippen LogP contribution in [0, 0.1) is 6.92 Å². The standard InChI is InChI=1S/C24H22F5N7O2S/c1-10-13(9-31-35(10)2)12-7-14(21(25)26)32-23-18(12)19(20(39-23)22(30)38)33-17(37)5-6-36-15(11-3-4-11)8-16(34-36)24(27,28)29/h7-9,11,21H,3-6H2,1-2H3,(H2,30,38)(H,33,37). The van der Waals surface area contributed by atoms with Crippen LogP contribution >= 0.6 is 11.3 Å². The van der Waals surface area contributed by atoms with Crippen molar-refractivity contribution in [1.29, 1.82) is 0 Å². The van der Waals surface area contributed by atoms with Crippen molar-refractivity contribution >= 4 is 39.1 Å². The van der Waals surface area contributed by atoms with Crippen LogP contribution in [0.25, 0.3) is 21.3 Å². The number of rotatable bonds is 8. The van der Waals surface area contributed by atoms with Crippen molar-refractivity contribution in [3.05, 3.63) is 46.0 Å². The second kappa shape index (κ2) is 9.70. The molecular formula is C24H22F5N7O2S. The number of carbonyl (C=O) groups excluding carboxylic acids is 2. The van der Waals surface area contributed by atoms with Gasteiger partial charge in [0.25, 0.3) is 12.3 Å². The van der Waals surface area contributed by atoms with Crippen LogP contribution in [-0.2, 0) is 24.6 Å². The van der Waals surface area contributed by atoms with E-state index in [-0.39, 0.29) is 45.2 Å². The van der Waals surface area contributed by atoms with E-state index in [1.165, 1.54) is 16.9 Å². The number of primary amides is 1. The van der Waals surface area contributed by atoms with E-state index in [4.69, 9.17) is 5.73 Å². The van der Waals surface area contributed by atoms with E-state index in [1.807, 2.05) is 0 Å². The lowest BCUT2D eigenvalue weighted by Crippen LogP contribution is -2.19. The van der Waals surface area contributed by atoms with Crippen LogP contribution in [0.1, 0.15) is 64.1 Å². The molecule has 0 aliphatic heterocycles. The zero-order valence-corrected chi connectivity index (χ0v) is 21.5. The number of hydrogen-bond acceptors (Lipinski definition) is 6. The lowest BCUT2D eigenvalue weighted by Gasteiger charge is -2.11. The molecule has 1 aliphatic carbocycles. The smallest absolute Gasteiger partial charge is 0.365 e. The van der Waals surface area contributed by atoms with Crippen LogP contribution in [-0.4, -0.2) is 36.4 Å². The number of thiophene rings is 1. The van der Waals surface area contributed by atoms with Crippen LogP contribution in [0.15, 0.2) is 18.3 Å². The van der Waals surface area contributed by atoms with E-state index in [1.54, 1.807) is 18.7 Å². The van der Waals surface area contributed by atoms with Crippen molar-refractivity contribution in [1.82, 2.24) is 24.5 Å². The predicted octanol–water partition coefficient (Wildman–Crippen LogP) is 5.16. The Labute approximate surface area is 221 Å². The van der Waals surface area contributed by atoms with Gasteiger partial charge in [0.1, 0.15) is 15.4 Å². The minimum absolute atomic E-state index is 0.00192. The van der Waals surface area contributed by atoms with Crippen molar-refractivity contribution in [2.24, 2.45) is 12.8 Å². The summed E-state index contributed by atoms with van der Waals surface area (Å²) < 4.78 is 69.7. The number of halogens is 5. The summed E-state index contributed by atoms with van der Waals surface area (Å²) in [5.74, 6) is -1.58. The van der Waals surface area contributed by atoms with Gasteiger partial charge in [0.2, 0.25) is 5.91 Å². The molecular weight excluding hydrogens is 545 g/mol. The molecule has 9 nitrogen and oxygen atoms in total. The van der Waals surface area contributed by atoms with E-state index in [9.17, 15) is 31.5 Å². The molecule has 1 aliphatic rings. The van der Waals surface area contributed by atoms with Gasteiger partial charge in [0.15, 0.2) is 5.69 Å². The molecule has 0 spiro atoms. The molecule has 4 aromatic heterocycles. The lowest BCUT2D eigenvalue weighted by atomic mass is 10.0. The zero-order valence-electron chi connectivity index (χ0n) is 20.6.